The summed E-state index contributed by atoms with van der Waals surface area (Å²) in [7, 11) is -3.88. The van der Waals surface area contributed by atoms with Crippen LogP contribution in [0.2, 0.25) is 0 Å². The highest BCUT2D eigenvalue weighted by molar-refractivity contribution is 9.10. The Hall–Kier alpha value is -1.28. The van der Waals surface area contributed by atoms with Crippen molar-refractivity contribution in [2.75, 3.05) is 12.3 Å². The number of hydrogen-bond acceptors (Lipinski definition) is 4. The lowest BCUT2D eigenvalue weighted by Gasteiger charge is -2.08. The summed E-state index contributed by atoms with van der Waals surface area (Å²) in [5, 5.41) is 2.42. The largest absolute Gasteiger partial charge is 0.398 e. The van der Waals surface area contributed by atoms with E-state index in [2.05, 4.69) is 21.2 Å². The van der Waals surface area contributed by atoms with Gasteiger partial charge in [-0.1, -0.05) is 6.92 Å². The Labute approximate surface area is 114 Å². The Morgan fingerprint density at radius 1 is 1.44 bits per heavy atom. The Balaban J connectivity index is 2.86. The molecule has 0 atom stereocenters. The Kier molecular flexibility index (Phi) is 4.97. The molecule has 4 N–H and O–H groups in total. The molecule has 6 nitrogen and oxygen atoms in total. The number of amides is 2. The predicted octanol–water partition coefficient (Wildman–Crippen LogP) is 1.43. The summed E-state index contributed by atoms with van der Waals surface area (Å²) in [6, 6.07) is 3.37. The SMILES string of the molecule is CCCNC(=O)NS(=O)(=O)c1ccc(N)c(Br)c1. The number of nitrogens with two attached hydrogens (primary N) is 1. The number of carbonyl (C=O) groups excluding carboxylic acids is 1. The molecule has 0 aliphatic rings. The first-order valence-electron chi connectivity index (χ1n) is 5.22. The average Bonchev–Trinajstić information content (AvgIpc) is 2.29. The predicted molar refractivity (Wildman–Crippen MR) is 72.6 cm³/mol. The van der Waals surface area contributed by atoms with E-state index >= 15 is 0 Å². The van der Waals surface area contributed by atoms with Crippen LogP contribution in [0.1, 0.15) is 13.3 Å². The fraction of sp³-hybridized carbons (Fsp3) is 0.300. The van der Waals surface area contributed by atoms with Gasteiger partial charge in [-0.2, -0.15) is 0 Å². The molecule has 2 amide bonds. The quantitative estimate of drug-likeness (QED) is 0.724. The average molecular weight is 336 g/mol. The van der Waals surface area contributed by atoms with Gasteiger partial charge in [-0.15, -0.1) is 0 Å². The molecule has 1 aromatic rings. The van der Waals surface area contributed by atoms with E-state index in [1.165, 1.54) is 18.2 Å². The van der Waals surface area contributed by atoms with Crippen LogP contribution in [0, 0.1) is 0 Å². The number of nitrogen functional groups attached to an aromatic ring is 1. The van der Waals surface area contributed by atoms with Crippen LogP contribution in [-0.4, -0.2) is 21.0 Å². The number of hydrogen-bond donors (Lipinski definition) is 3. The molecule has 18 heavy (non-hydrogen) atoms. The van der Waals surface area contributed by atoms with Crippen molar-refractivity contribution >= 4 is 37.7 Å². The second-order valence-electron chi connectivity index (χ2n) is 3.54. The molecule has 0 unspecified atom stereocenters. The van der Waals surface area contributed by atoms with Gasteiger partial charge in [0.2, 0.25) is 0 Å². The van der Waals surface area contributed by atoms with Gasteiger partial charge in [0.1, 0.15) is 0 Å². The molecule has 8 heteroatoms. The van der Waals surface area contributed by atoms with Crippen LogP contribution in [0.3, 0.4) is 0 Å². The van der Waals surface area contributed by atoms with Gasteiger partial charge < -0.3 is 11.1 Å². The van der Waals surface area contributed by atoms with E-state index in [0.29, 0.717) is 16.7 Å². The van der Waals surface area contributed by atoms with Crippen molar-refractivity contribution in [1.29, 1.82) is 0 Å². The maximum absolute atomic E-state index is 11.8. The summed E-state index contributed by atoms with van der Waals surface area (Å²) >= 11 is 3.13. The van der Waals surface area contributed by atoms with Gasteiger partial charge in [-0.25, -0.2) is 17.9 Å². The summed E-state index contributed by atoms with van der Waals surface area (Å²) in [4.78, 5) is 11.3. The third kappa shape index (κ3) is 3.88. The van der Waals surface area contributed by atoms with E-state index in [0.717, 1.165) is 6.42 Å². The Morgan fingerprint density at radius 2 is 2.11 bits per heavy atom. The topological polar surface area (TPSA) is 101 Å². The van der Waals surface area contributed by atoms with Crippen molar-refractivity contribution in [3.8, 4) is 0 Å². The Morgan fingerprint density at radius 3 is 2.67 bits per heavy atom. The van der Waals surface area contributed by atoms with Gasteiger partial charge in [-0.3, -0.25) is 0 Å². The van der Waals surface area contributed by atoms with E-state index in [1.54, 1.807) is 0 Å². The number of carbonyl (C=O) groups is 1. The number of rotatable bonds is 4. The van der Waals surface area contributed by atoms with Crippen LogP contribution in [-0.2, 0) is 10.0 Å². The summed E-state index contributed by atoms with van der Waals surface area (Å²) < 4.78 is 26.0. The monoisotopic (exact) mass is 335 g/mol. The number of urea groups is 1. The first-order valence-corrected chi connectivity index (χ1v) is 7.50. The van der Waals surface area contributed by atoms with Crippen LogP contribution in [0.25, 0.3) is 0 Å². The third-order valence-electron chi connectivity index (χ3n) is 2.04. The lowest BCUT2D eigenvalue weighted by molar-refractivity contribution is 0.246. The second-order valence-corrected chi connectivity index (χ2v) is 6.08. The molecule has 0 fully saturated rings. The number of sulfonamides is 1. The minimum Gasteiger partial charge on any atom is -0.398 e. The van der Waals surface area contributed by atoms with Crippen LogP contribution in [0.4, 0.5) is 10.5 Å². The zero-order valence-electron chi connectivity index (χ0n) is 9.73. The van der Waals surface area contributed by atoms with E-state index in [1.807, 2.05) is 11.6 Å². The molecule has 0 spiro atoms. The molecule has 0 aromatic heterocycles. The molecule has 1 aromatic carbocycles. The van der Waals surface area contributed by atoms with Gasteiger partial charge in [0.25, 0.3) is 10.0 Å². The van der Waals surface area contributed by atoms with Crippen molar-refractivity contribution in [3.05, 3.63) is 22.7 Å². The van der Waals surface area contributed by atoms with Crippen molar-refractivity contribution < 1.29 is 13.2 Å². The van der Waals surface area contributed by atoms with Crippen LogP contribution in [0.15, 0.2) is 27.6 Å². The van der Waals surface area contributed by atoms with Gasteiger partial charge in [0.15, 0.2) is 0 Å². The third-order valence-corrected chi connectivity index (χ3v) is 4.06. The van der Waals surface area contributed by atoms with E-state index in [-0.39, 0.29) is 4.90 Å². The molecule has 0 bridgehead atoms. The summed E-state index contributed by atoms with van der Waals surface area (Å²) in [6.45, 7) is 2.28. The smallest absolute Gasteiger partial charge is 0.328 e. The van der Waals surface area contributed by atoms with Gasteiger partial charge in [0, 0.05) is 16.7 Å². The van der Waals surface area contributed by atoms with Crippen LogP contribution < -0.4 is 15.8 Å². The van der Waals surface area contributed by atoms with Crippen molar-refractivity contribution in [2.45, 2.75) is 18.2 Å². The highest BCUT2D eigenvalue weighted by Crippen LogP contribution is 2.22. The highest BCUT2D eigenvalue weighted by Gasteiger charge is 2.17. The van der Waals surface area contributed by atoms with Crippen LogP contribution in [0.5, 0.6) is 0 Å². The molecule has 0 aliphatic carbocycles. The zero-order valence-corrected chi connectivity index (χ0v) is 12.1. The van der Waals surface area contributed by atoms with E-state index in [9.17, 15) is 13.2 Å². The lowest BCUT2D eigenvalue weighted by Crippen LogP contribution is -2.39. The maximum Gasteiger partial charge on any atom is 0.328 e. The van der Waals surface area contributed by atoms with Crippen LogP contribution >= 0.6 is 15.9 Å². The number of halogens is 1. The maximum atomic E-state index is 11.8. The van der Waals surface area contributed by atoms with Crippen molar-refractivity contribution in [1.82, 2.24) is 10.0 Å². The van der Waals surface area contributed by atoms with Gasteiger partial charge in [0.05, 0.1) is 4.90 Å². The fourth-order valence-corrected chi connectivity index (χ4v) is 2.62. The van der Waals surface area contributed by atoms with Gasteiger partial charge in [-0.05, 0) is 40.5 Å². The van der Waals surface area contributed by atoms with Crippen molar-refractivity contribution in [2.24, 2.45) is 0 Å². The lowest BCUT2D eigenvalue weighted by atomic mass is 10.3. The van der Waals surface area contributed by atoms with E-state index < -0.39 is 16.1 Å². The zero-order chi connectivity index (χ0) is 13.8. The van der Waals surface area contributed by atoms with Gasteiger partial charge >= 0.3 is 6.03 Å². The number of anilines is 1. The molecule has 0 saturated carbocycles. The molecular weight excluding hydrogens is 322 g/mol. The van der Waals surface area contributed by atoms with Crippen molar-refractivity contribution in [3.63, 3.8) is 0 Å². The minimum absolute atomic E-state index is 0.0322. The summed E-state index contributed by atoms with van der Waals surface area (Å²) in [5.41, 5.74) is 5.98. The molecule has 0 heterocycles. The Bertz CT molecular complexity index is 545. The number of benzene rings is 1. The molecule has 0 aliphatic heterocycles. The number of nitrogens with one attached hydrogen (secondary N) is 2. The molecular formula is C10H14BrN3O3S. The fourth-order valence-electron chi connectivity index (χ4n) is 1.13. The molecule has 0 saturated heterocycles. The first kappa shape index (κ1) is 14.8. The molecule has 0 radical (unpaired) electrons. The highest BCUT2D eigenvalue weighted by atomic mass is 79.9. The van der Waals surface area contributed by atoms with E-state index in [4.69, 9.17) is 5.73 Å². The summed E-state index contributed by atoms with van der Waals surface area (Å²) in [5.74, 6) is 0. The standard InChI is InChI=1S/C10H14BrN3O3S/c1-2-5-13-10(15)14-18(16,17)7-3-4-9(12)8(11)6-7/h3-4,6H,2,5,12H2,1H3,(H2,13,14,15). The molecule has 100 valence electrons. The second kappa shape index (κ2) is 6.05. The normalized spacial score (nSPS) is 11.0. The molecule has 1 rings (SSSR count). The first-order chi connectivity index (χ1) is 8.36. The minimum atomic E-state index is -3.88. The summed E-state index contributed by atoms with van der Waals surface area (Å²) in [6.07, 6.45) is 0.723.